The van der Waals surface area contributed by atoms with E-state index in [1.807, 2.05) is 43.4 Å². The van der Waals surface area contributed by atoms with Crippen LogP contribution >= 0.6 is 0 Å². The average molecular weight is 342 g/mol. The highest BCUT2D eigenvalue weighted by atomic mass is 16.1. The molecule has 0 radical (unpaired) electrons. The second-order valence-electron chi connectivity index (χ2n) is 6.20. The van der Waals surface area contributed by atoms with Gasteiger partial charge in [-0.15, -0.1) is 0 Å². The molecule has 0 spiro atoms. The standard InChI is InChI=1S/C21H18N4O/c1-14(26)23-18-12-19-20(24-25(2)21(19)22-13-18)17-10-6-9-16(11-17)15-7-4-3-5-8-15/h3-13H,1-2H3,(H,23,26). The minimum Gasteiger partial charge on any atom is -0.325 e. The van der Waals surface area contributed by atoms with Gasteiger partial charge in [-0.05, 0) is 23.3 Å². The first-order chi connectivity index (χ1) is 12.6. The zero-order valence-electron chi connectivity index (χ0n) is 14.6. The lowest BCUT2D eigenvalue weighted by molar-refractivity contribution is -0.114. The Morgan fingerprint density at radius 3 is 2.46 bits per heavy atom. The van der Waals surface area contributed by atoms with Crippen molar-refractivity contribution in [3.63, 3.8) is 0 Å². The average Bonchev–Trinajstić information content (AvgIpc) is 2.98. The van der Waals surface area contributed by atoms with Gasteiger partial charge in [0.1, 0.15) is 5.69 Å². The quantitative estimate of drug-likeness (QED) is 0.605. The van der Waals surface area contributed by atoms with Crippen LogP contribution in [0.2, 0.25) is 0 Å². The highest BCUT2D eigenvalue weighted by Crippen LogP contribution is 2.31. The lowest BCUT2D eigenvalue weighted by atomic mass is 10.0. The van der Waals surface area contributed by atoms with Crippen LogP contribution in [0.25, 0.3) is 33.4 Å². The van der Waals surface area contributed by atoms with Crippen LogP contribution in [-0.2, 0) is 11.8 Å². The van der Waals surface area contributed by atoms with Crippen LogP contribution in [0.3, 0.4) is 0 Å². The van der Waals surface area contributed by atoms with E-state index < -0.39 is 0 Å². The van der Waals surface area contributed by atoms with E-state index in [2.05, 4.69) is 39.7 Å². The number of pyridine rings is 1. The van der Waals surface area contributed by atoms with Crippen molar-refractivity contribution in [3.05, 3.63) is 66.9 Å². The highest BCUT2D eigenvalue weighted by molar-refractivity contribution is 5.96. The van der Waals surface area contributed by atoms with Crippen molar-refractivity contribution in [3.8, 4) is 22.4 Å². The fourth-order valence-corrected chi connectivity index (χ4v) is 3.10. The van der Waals surface area contributed by atoms with Gasteiger partial charge < -0.3 is 5.32 Å². The summed E-state index contributed by atoms with van der Waals surface area (Å²) in [4.78, 5) is 15.8. The van der Waals surface area contributed by atoms with Gasteiger partial charge in [0.25, 0.3) is 0 Å². The van der Waals surface area contributed by atoms with Gasteiger partial charge in [-0.1, -0.05) is 48.5 Å². The first kappa shape index (κ1) is 16.0. The van der Waals surface area contributed by atoms with Gasteiger partial charge in [-0.3, -0.25) is 4.79 Å². The molecule has 5 heteroatoms. The number of nitrogens with zero attached hydrogens (tertiary/aromatic N) is 3. The first-order valence-corrected chi connectivity index (χ1v) is 8.38. The molecule has 0 aliphatic heterocycles. The van der Waals surface area contributed by atoms with Crippen LogP contribution in [0.1, 0.15) is 6.92 Å². The summed E-state index contributed by atoms with van der Waals surface area (Å²) in [5, 5.41) is 8.35. The molecule has 0 unspecified atom stereocenters. The summed E-state index contributed by atoms with van der Waals surface area (Å²) < 4.78 is 1.76. The lowest BCUT2D eigenvalue weighted by Gasteiger charge is -2.05. The molecular formula is C21H18N4O. The highest BCUT2D eigenvalue weighted by Gasteiger charge is 2.13. The molecule has 1 N–H and O–H groups in total. The zero-order chi connectivity index (χ0) is 18.1. The van der Waals surface area contributed by atoms with Gasteiger partial charge in [-0.25, -0.2) is 9.67 Å². The van der Waals surface area contributed by atoms with E-state index in [0.717, 1.165) is 33.4 Å². The Balaban J connectivity index is 1.85. The third kappa shape index (κ3) is 2.95. The van der Waals surface area contributed by atoms with Crippen molar-refractivity contribution < 1.29 is 4.79 Å². The molecule has 0 aliphatic carbocycles. The topological polar surface area (TPSA) is 59.8 Å². The molecule has 4 aromatic rings. The van der Waals surface area contributed by atoms with Crippen molar-refractivity contribution in [1.29, 1.82) is 0 Å². The number of nitrogens with one attached hydrogen (secondary N) is 1. The van der Waals surface area contributed by atoms with Gasteiger partial charge in [0.2, 0.25) is 5.91 Å². The summed E-state index contributed by atoms with van der Waals surface area (Å²) in [7, 11) is 1.87. The Bertz CT molecular complexity index is 1100. The Hall–Kier alpha value is -3.47. The minimum absolute atomic E-state index is 0.123. The zero-order valence-corrected chi connectivity index (χ0v) is 14.6. The number of rotatable bonds is 3. The van der Waals surface area contributed by atoms with Crippen LogP contribution in [0.4, 0.5) is 5.69 Å². The van der Waals surface area contributed by atoms with Crippen molar-refractivity contribution in [1.82, 2.24) is 14.8 Å². The molecular weight excluding hydrogens is 324 g/mol. The largest absolute Gasteiger partial charge is 0.325 e. The van der Waals surface area contributed by atoms with Crippen molar-refractivity contribution >= 4 is 22.6 Å². The number of fused-ring (bicyclic) bond motifs is 1. The van der Waals surface area contributed by atoms with E-state index in [9.17, 15) is 4.79 Å². The molecule has 128 valence electrons. The second kappa shape index (κ2) is 6.44. The van der Waals surface area contributed by atoms with Crippen molar-refractivity contribution in [2.45, 2.75) is 6.92 Å². The number of anilines is 1. The SMILES string of the molecule is CC(=O)Nc1cnc2c(c1)c(-c1cccc(-c3ccccc3)c1)nn2C. The molecule has 0 fully saturated rings. The molecule has 0 aliphatic rings. The third-order valence-electron chi connectivity index (χ3n) is 4.24. The maximum Gasteiger partial charge on any atom is 0.221 e. The Labute approximate surface area is 151 Å². The molecule has 0 bridgehead atoms. The van der Waals surface area contributed by atoms with Crippen LogP contribution in [0.15, 0.2) is 66.9 Å². The Kier molecular flexibility index (Phi) is 3.97. The van der Waals surface area contributed by atoms with Gasteiger partial charge in [0.05, 0.1) is 11.9 Å². The number of aryl methyl sites for hydroxylation is 1. The summed E-state index contributed by atoms with van der Waals surface area (Å²) in [6, 6.07) is 20.5. The molecule has 2 aromatic heterocycles. The van der Waals surface area contributed by atoms with Crippen LogP contribution in [0, 0.1) is 0 Å². The predicted molar refractivity (Wildman–Crippen MR) is 104 cm³/mol. The molecule has 5 nitrogen and oxygen atoms in total. The summed E-state index contributed by atoms with van der Waals surface area (Å²) in [5.74, 6) is -0.123. The third-order valence-corrected chi connectivity index (χ3v) is 4.24. The Morgan fingerprint density at radius 1 is 0.962 bits per heavy atom. The predicted octanol–water partition coefficient (Wildman–Crippen LogP) is 4.26. The van der Waals surface area contributed by atoms with Gasteiger partial charge in [0, 0.05) is 24.9 Å². The van der Waals surface area contributed by atoms with Crippen molar-refractivity contribution in [2.24, 2.45) is 7.05 Å². The lowest BCUT2D eigenvalue weighted by Crippen LogP contribution is -2.05. The molecule has 0 atom stereocenters. The number of carbonyl (C=O) groups excluding carboxylic acids is 1. The Morgan fingerprint density at radius 2 is 1.69 bits per heavy atom. The van der Waals surface area contributed by atoms with Crippen LogP contribution in [0.5, 0.6) is 0 Å². The van der Waals surface area contributed by atoms with E-state index in [4.69, 9.17) is 0 Å². The monoisotopic (exact) mass is 342 g/mol. The fourth-order valence-electron chi connectivity index (χ4n) is 3.10. The molecule has 2 aromatic carbocycles. The number of amides is 1. The molecule has 26 heavy (non-hydrogen) atoms. The first-order valence-electron chi connectivity index (χ1n) is 8.38. The molecule has 0 saturated carbocycles. The molecule has 1 amide bonds. The normalized spacial score (nSPS) is 10.8. The minimum atomic E-state index is -0.123. The van der Waals surface area contributed by atoms with E-state index in [1.54, 1.807) is 10.9 Å². The summed E-state index contributed by atoms with van der Waals surface area (Å²) >= 11 is 0. The number of aromatic nitrogens is 3. The maximum atomic E-state index is 11.4. The summed E-state index contributed by atoms with van der Waals surface area (Å²) in [5.41, 5.74) is 5.59. The van der Waals surface area contributed by atoms with E-state index >= 15 is 0 Å². The number of benzene rings is 2. The maximum absolute atomic E-state index is 11.4. The number of hydrogen-bond acceptors (Lipinski definition) is 3. The molecule has 4 rings (SSSR count). The molecule has 2 heterocycles. The van der Waals surface area contributed by atoms with Crippen LogP contribution in [-0.4, -0.2) is 20.7 Å². The summed E-state index contributed by atoms with van der Waals surface area (Å²) in [6.45, 7) is 1.48. The number of hydrogen-bond donors (Lipinski definition) is 1. The van der Waals surface area contributed by atoms with Crippen molar-refractivity contribution in [2.75, 3.05) is 5.32 Å². The number of carbonyl (C=O) groups is 1. The van der Waals surface area contributed by atoms with Crippen LogP contribution < -0.4 is 5.32 Å². The smallest absolute Gasteiger partial charge is 0.221 e. The fraction of sp³-hybridized carbons (Fsp3) is 0.0952. The van der Waals surface area contributed by atoms with Gasteiger partial charge in [-0.2, -0.15) is 5.10 Å². The molecule has 0 saturated heterocycles. The van der Waals surface area contributed by atoms with Gasteiger partial charge >= 0.3 is 0 Å². The van der Waals surface area contributed by atoms with E-state index in [-0.39, 0.29) is 5.91 Å². The second-order valence-corrected chi connectivity index (χ2v) is 6.20. The summed E-state index contributed by atoms with van der Waals surface area (Å²) in [6.07, 6.45) is 1.65. The van der Waals surface area contributed by atoms with E-state index in [1.165, 1.54) is 6.92 Å². The van der Waals surface area contributed by atoms with E-state index in [0.29, 0.717) is 5.69 Å². The van der Waals surface area contributed by atoms with Gasteiger partial charge in [0.15, 0.2) is 5.65 Å².